The normalized spacial score (nSPS) is 12.5. The van der Waals surface area contributed by atoms with Crippen molar-refractivity contribution in [1.82, 2.24) is 5.32 Å². The Hall–Kier alpha value is -1.86. The van der Waals surface area contributed by atoms with Crippen LogP contribution in [0, 0.1) is 13.8 Å². The molecule has 0 spiro atoms. The number of anilines is 1. The van der Waals surface area contributed by atoms with E-state index in [0.29, 0.717) is 5.69 Å². The van der Waals surface area contributed by atoms with E-state index in [1.165, 1.54) is 0 Å². The average molecular weight is 439 g/mol. The molecule has 26 heavy (non-hydrogen) atoms. The number of halogens is 1. The monoisotopic (exact) mass is 438 g/mol. The Kier molecular flexibility index (Phi) is 6.47. The molecular weight excluding hydrogens is 416 g/mol. The Morgan fingerprint density at radius 2 is 1.88 bits per heavy atom. The highest BCUT2D eigenvalue weighted by molar-refractivity contribution is 9.10. The van der Waals surface area contributed by atoms with Crippen molar-refractivity contribution in [3.8, 4) is 0 Å². The van der Waals surface area contributed by atoms with Gasteiger partial charge in [0.15, 0.2) is 0 Å². The minimum absolute atomic E-state index is 0.216. The van der Waals surface area contributed by atoms with Gasteiger partial charge in [0, 0.05) is 4.47 Å². The largest absolute Gasteiger partial charge is 0.348 e. The van der Waals surface area contributed by atoms with Crippen LogP contribution in [0.3, 0.4) is 0 Å². The van der Waals surface area contributed by atoms with Gasteiger partial charge >= 0.3 is 0 Å². The molecule has 140 valence electrons. The number of benzene rings is 2. The van der Waals surface area contributed by atoms with Crippen molar-refractivity contribution in [2.24, 2.45) is 0 Å². The zero-order valence-electron chi connectivity index (χ0n) is 15.3. The summed E-state index contributed by atoms with van der Waals surface area (Å²) >= 11 is 3.33. The number of hydrogen-bond acceptors (Lipinski definition) is 3. The number of carbonyl (C=O) groups excluding carboxylic acids is 1. The first-order chi connectivity index (χ1) is 12.1. The van der Waals surface area contributed by atoms with Gasteiger partial charge < -0.3 is 5.32 Å². The summed E-state index contributed by atoms with van der Waals surface area (Å²) in [5.74, 6) is -0.358. The van der Waals surface area contributed by atoms with E-state index in [1.54, 1.807) is 24.3 Å². The first-order valence-corrected chi connectivity index (χ1v) is 10.8. The van der Waals surface area contributed by atoms with Crippen LogP contribution >= 0.6 is 15.9 Å². The van der Waals surface area contributed by atoms with Gasteiger partial charge in [-0.2, -0.15) is 0 Å². The number of nitrogens with zero attached hydrogens (tertiary/aromatic N) is 1. The topological polar surface area (TPSA) is 66.5 Å². The summed E-state index contributed by atoms with van der Waals surface area (Å²) in [5, 5.41) is 2.89. The number of carbonyl (C=O) groups is 1. The second-order valence-electron chi connectivity index (χ2n) is 6.40. The SMILES string of the molecule is Cc1ccc([C@@H](C)NC(=O)CN(c2cccc(Br)c2)S(C)(=O)=O)c(C)c1. The van der Waals surface area contributed by atoms with E-state index in [9.17, 15) is 13.2 Å². The molecule has 0 saturated carbocycles. The molecule has 2 rings (SSSR count). The van der Waals surface area contributed by atoms with Crippen molar-refractivity contribution in [2.75, 3.05) is 17.1 Å². The van der Waals surface area contributed by atoms with Crippen LogP contribution in [0.1, 0.15) is 29.7 Å². The summed E-state index contributed by atoms with van der Waals surface area (Å²) in [7, 11) is -3.59. The fourth-order valence-electron chi connectivity index (χ4n) is 2.84. The third-order valence-electron chi connectivity index (χ3n) is 4.05. The van der Waals surface area contributed by atoms with Gasteiger partial charge in [-0.1, -0.05) is 45.8 Å². The lowest BCUT2D eigenvalue weighted by Crippen LogP contribution is -2.41. The van der Waals surface area contributed by atoms with Gasteiger partial charge in [0.05, 0.1) is 18.0 Å². The molecule has 0 unspecified atom stereocenters. The van der Waals surface area contributed by atoms with E-state index in [1.807, 2.05) is 32.9 Å². The summed E-state index contributed by atoms with van der Waals surface area (Å²) in [6, 6.07) is 12.7. The summed E-state index contributed by atoms with van der Waals surface area (Å²) < 4.78 is 26.2. The standard InChI is InChI=1S/C19H23BrN2O3S/c1-13-8-9-18(14(2)10-13)15(3)21-19(23)12-22(26(4,24)25)17-7-5-6-16(20)11-17/h5-11,15H,12H2,1-4H3,(H,21,23)/t15-/m1/s1. The number of rotatable bonds is 6. The highest BCUT2D eigenvalue weighted by Gasteiger charge is 2.22. The highest BCUT2D eigenvalue weighted by Crippen LogP contribution is 2.22. The summed E-state index contributed by atoms with van der Waals surface area (Å²) in [6.07, 6.45) is 1.09. The lowest BCUT2D eigenvalue weighted by molar-refractivity contribution is -0.120. The van der Waals surface area contributed by atoms with Crippen molar-refractivity contribution >= 4 is 37.5 Å². The number of hydrogen-bond donors (Lipinski definition) is 1. The smallest absolute Gasteiger partial charge is 0.241 e. The Morgan fingerprint density at radius 3 is 2.46 bits per heavy atom. The maximum atomic E-state index is 12.5. The first-order valence-electron chi connectivity index (χ1n) is 8.17. The van der Waals surface area contributed by atoms with Crippen LogP contribution in [0.15, 0.2) is 46.9 Å². The van der Waals surface area contributed by atoms with Gasteiger partial charge in [0.1, 0.15) is 6.54 Å². The van der Waals surface area contributed by atoms with Gasteiger partial charge in [-0.05, 0) is 50.1 Å². The molecule has 2 aromatic carbocycles. The maximum absolute atomic E-state index is 12.5. The van der Waals surface area contributed by atoms with Crippen molar-refractivity contribution in [2.45, 2.75) is 26.8 Å². The lowest BCUT2D eigenvalue weighted by Gasteiger charge is -2.24. The molecule has 5 nitrogen and oxygen atoms in total. The van der Waals surface area contributed by atoms with Crippen LogP contribution in [0.25, 0.3) is 0 Å². The van der Waals surface area contributed by atoms with E-state index in [0.717, 1.165) is 31.7 Å². The van der Waals surface area contributed by atoms with Crippen LogP contribution in [0.2, 0.25) is 0 Å². The molecule has 0 radical (unpaired) electrons. The van der Waals surface area contributed by atoms with Crippen LogP contribution in [0.5, 0.6) is 0 Å². The lowest BCUT2D eigenvalue weighted by atomic mass is 10.0. The van der Waals surface area contributed by atoms with Crippen molar-refractivity contribution in [3.63, 3.8) is 0 Å². The molecule has 7 heteroatoms. The first kappa shape index (κ1) is 20.5. The molecule has 0 fully saturated rings. The van der Waals surface area contributed by atoms with E-state index >= 15 is 0 Å². The molecule has 0 aliphatic carbocycles. The van der Waals surface area contributed by atoms with Gasteiger partial charge in [-0.15, -0.1) is 0 Å². The van der Waals surface area contributed by atoms with Gasteiger partial charge in [-0.25, -0.2) is 8.42 Å². The molecule has 1 N–H and O–H groups in total. The summed E-state index contributed by atoms with van der Waals surface area (Å²) in [6.45, 7) is 5.63. The highest BCUT2D eigenvalue weighted by atomic mass is 79.9. The molecule has 0 aliphatic heterocycles. The predicted octanol–water partition coefficient (Wildman–Crippen LogP) is 3.71. The Labute approximate surface area is 163 Å². The van der Waals surface area contributed by atoms with Crippen LogP contribution in [0.4, 0.5) is 5.69 Å². The Bertz CT molecular complexity index is 913. The zero-order chi connectivity index (χ0) is 19.5. The molecule has 0 heterocycles. The maximum Gasteiger partial charge on any atom is 0.241 e. The molecule has 1 atom stereocenters. The molecular formula is C19H23BrN2O3S. The Morgan fingerprint density at radius 1 is 1.19 bits per heavy atom. The summed E-state index contributed by atoms with van der Waals surface area (Å²) in [4.78, 5) is 12.5. The van der Waals surface area contributed by atoms with Crippen molar-refractivity contribution in [1.29, 1.82) is 0 Å². The fraction of sp³-hybridized carbons (Fsp3) is 0.316. The minimum Gasteiger partial charge on any atom is -0.348 e. The molecule has 1 amide bonds. The quantitative estimate of drug-likeness (QED) is 0.747. The van der Waals surface area contributed by atoms with Gasteiger partial charge in [0.2, 0.25) is 15.9 Å². The van der Waals surface area contributed by atoms with Crippen LogP contribution in [-0.2, 0) is 14.8 Å². The van der Waals surface area contributed by atoms with Crippen LogP contribution < -0.4 is 9.62 Å². The summed E-state index contributed by atoms with van der Waals surface area (Å²) in [5.41, 5.74) is 3.70. The Balaban J connectivity index is 2.17. The number of amides is 1. The minimum atomic E-state index is -3.59. The van der Waals surface area contributed by atoms with E-state index in [4.69, 9.17) is 0 Å². The molecule has 0 aliphatic rings. The van der Waals surface area contributed by atoms with E-state index < -0.39 is 10.0 Å². The number of aryl methyl sites for hydroxylation is 2. The van der Waals surface area contributed by atoms with Crippen LogP contribution in [-0.4, -0.2) is 27.1 Å². The zero-order valence-corrected chi connectivity index (χ0v) is 17.7. The number of sulfonamides is 1. The molecule has 0 saturated heterocycles. The third-order valence-corrected chi connectivity index (χ3v) is 5.69. The average Bonchev–Trinajstić information content (AvgIpc) is 2.51. The third kappa shape index (κ3) is 5.32. The molecule has 0 bridgehead atoms. The van der Waals surface area contributed by atoms with Crippen molar-refractivity contribution < 1.29 is 13.2 Å². The van der Waals surface area contributed by atoms with Gasteiger partial charge in [-0.3, -0.25) is 9.10 Å². The number of nitrogens with one attached hydrogen (secondary N) is 1. The molecule has 2 aromatic rings. The van der Waals surface area contributed by atoms with E-state index in [-0.39, 0.29) is 18.5 Å². The van der Waals surface area contributed by atoms with Crippen molar-refractivity contribution in [3.05, 3.63) is 63.6 Å². The van der Waals surface area contributed by atoms with Gasteiger partial charge in [0.25, 0.3) is 0 Å². The predicted molar refractivity (Wildman–Crippen MR) is 109 cm³/mol. The second kappa shape index (κ2) is 8.22. The second-order valence-corrected chi connectivity index (χ2v) is 9.22. The fourth-order valence-corrected chi connectivity index (χ4v) is 4.07. The molecule has 0 aromatic heterocycles. The van der Waals surface area contributed by atoms with E-state index in [2.05, 4.69) is 27.3 Å².